The highest BCUT2D eigenvalue weighted by Gasteiger charge is 2.37. The van der Waals surface area contributed by atoms with E-state index in [0.717, 1.165) is 11.1 Å². The van der Waals surface area contributed by atoms with Crippen LogP contribution in [0.2, 0.25) is 0 Å². The summed E-state index contributed by atoms with van der Waals surface area (Å²) in [6.07, 6.45) is 3.77. The van der Waals surface area contributed by atoms with E-state index in [1.54, 1.807) is 13.8 Å². The lowest BCUT2D eigenvalue weighted by atomic mass is 9.85. The molecule has 0 fully saturated rings. The smallest absolute Gasteiger partial charge is 0.321 e. The number of hydrogen-bond donors (Lipinski definition) is 0. The molecule has 0 bridgehead atoms. The predicted octanol–water partition coefficient (Wildman–Crippen LogP) is 4.23. The van der Waals surface area contributed by atoms with Gasteiger partial charge in [0, 0.05) is 5.92 Å². The molecule has 1 atom stereocenters. The molecule has 0 N–H and O–H groups in total. The Morgan fingerprint density at radius 1 is 0.846 bits per heavy atom. The molecule has 0 saturated heterocycles. The molecule has 2 rings (SSSR count). The Balaban J connectivity index is 2.43. The fourth-order valence-corrected chi connectivity index (χ4v) is 2.72. The monoisotopic (exact) mass is 352 g/mol. The number of ether oxygens (including phenoxy) is 2. The van der Waals surface area contributed by atoms with Crippen molar-refractivity contribution in [3.63, 3.8) is 0 Å². The van der Waals surface area contributed by atoms with Crippen LogP contribution in [0.3, 0.4) is 0 Å². The topological polar surface area (TPSA) is 52.6 Å². The van der Waals surface area contributed by atoms with Gasteiger partial charge in [-0.05, 0) is 25.0 Å². The average Bonchev–Trinajstić information content (AvgIpc) is 2.67. The highest BCUT2D eigenvalue weighted by Crippen LogP contribution is 2.29. The minimum absolute atomic E-state index is 0.207. The van der Waals surface area contributed by atoms with E-state index in [1.165, 1.54) is 0 Å². The van der Waals surface area contributed by atoms with Crippen molar-refractivity contribution in [1.82, 2.24) is 0 Å². The first-order valence-corrected chi connectivity index (χ1v) is 8.78. The lowest BCUT2D eigenvalue weighted by Crippen LogP contribution is -2.32. The molecule has 0 aliphatic rings. The van der Waals surface area contributed by atoms with Crippen LogP contribution in [0, 0.1) is 5.92 Å². The number of benzene rings is 2. The minimum Gasteiger partial charge on any atom is -0.465 e. The van der Waals surface area contributed by atoms with Crippen LogP contribution in [0.25, 0.3) is 6.08 Å². The van der Waals surface area contributed by atoms with Gasteiger partial charge in [0.2, 0.25) is 0 Å². The fourth-order valence-electron chi connectivity index (χ4n) is 2.72. The minimum atomic E-state index is -1.04. The van der Waals surface area contributed by atoms with Gasteiger partial charge in [0.1, 0.15) is 0 Å². The molecule has 0 radical (unpaired) electrons. The molecule has 1 unspecified atom stereocenters. The van der Waals surface area contributed by atoms with Crippen LogP contribution in [-0.4, -0.2) is 25.2 Å². The normalized spacial score (nSPS) is 12.1. The van der Waals surface area contributed by atoms with E-state index in [4.69, 9.17) is 9.47 Å². The molecule has 2 aromatic rings. The summed E-state index contributed by atoms with van der Waals surface area (Å²) in [5.74, 6) is -2.67. The van der Waals surface area contributed by atoms with Crippen molar-refractivity contribution >= 4 is 18.0 Å². The van der Waals surface area contributed by atoms with E-state index < -0.39 is 23.8 Å². The summed E-state index contributed by atoms with van der Waals surface area (Å²) in [7, 11) is 0. The SMILES string of the molecule is CCOC(=O)C(C(=O)OCC)C(/C=C/c1ccccc1)c1ccccc1. The highest BCUT2D eigenvalue weighted by molar-refractivity contribution is 5.96. The second-order valence-corrected chi connectivity index (χ2v) is 5.69. The number of carbonyl (C=O) groups excluding carboxylic acids is 2. The zero-order chi connectivity index (χ0) is 18.8. The summed E-state index contributed by atoms with van der Waals surface area (Å²) in [6, 6.07) is 19.2. The van der Waals surface area contributed by atoms with Crippen LogP contribution in [0.1, 0.15) is 30.9 Å². The van der Waals surface area contributed by atoms with Gasteiger partial charge in [-0.1, -0.05) is 72.8 Å². The number of allylic oxidation sites excluding steroid dienone is 1. The Bertz CT molecular complexity index is 704. The Kier molecular flexibility index (Phi) is 7.62. The van der Waals surface area contributed by atoms with Crippen LogP contribution >= 0.6 is 0 Å². The molecule has 4 heteroatoms. The van der Waals surface area contributed by atoms with Gasteiger partial charge in [-0.3, -0.25) is 9.59 Å². The largest absolute Gasteiger partial charge is 0.465 e. The first kappa shape index (κ1) is 19.4. The average molecular weight is 352 g/mol. The second-order valence-electron chi connectivity index (χ2n) is 5.69. The maximum absolute atomic E-state index is 12.5. The molecule has 2 aromatic carbocycles. The van der Waals surface area contributed by atoms with Gasteiger partial charge in [0.05, 0.1) is 13.2 Å². The number of esters is 2. The van der Waals surface area contributed by atoms with Crippen LogP contribution in [0.4, 0.5) is 0 Å². The van der Waals surface area contributed by atoms with Crippen molar-refractivity contribution in [2.75, 3.05) is 13.2 Å². The molecule has 0 amide bonds. The molecule has 0 aliphatic carbocycles. The predicted molar refractivity (Wildman–Crippen MR) is 101 cm³/mol. The summed E-state index contributed by atoms with van der Waals surface area (Å²) in [4.78, 5) is 25.1. The maximum atomic E-state index is 12.5. The second kappa shape index (κ2) is 10.2. The number of carbonyl (C=O) groups is 2. The lowest BCUT2D eigenvalue weighted by molar-refractivity contribution is -0.162. The van der Waals surface area contributed by atoms with Gasteiger partial charge in [-0.25, -0.2) is 0 Å². The van der Waals surface area contributed by atoms with Gasteiger partial charge in [0.25, 0.3) is 0 Å². The summed E-state index contributed by atoms with van der Waals surface area (Å²) in [5, 5.41) is 0. The quantitative estimate of drug-likeness (QED) is 0.527. The Hall–Kier alpha value is -2.88. The van der Waals surface area contributed by atoms with Gasteiger partial charge >= 0.3 is 11.9 Å². The molecular weight excluding hydrogens is 328 g/mol. The van der Waals surface area contributed by atoms with Crippen LogP contribution < -0.4 is 0 Å². The number of hydrogen-bond acceptors (Lipinski definition) is 4. The van der Waals surface area contributed by atoms with Gasteiger partial charge in [0.15, 0.2) is 5.92 Å². The molecule has 26 heavy (non-hydrogen) atoms. The highest BCUT2D eigenvalue weighted by atomic mass is 16.6. The van der Waals surface area contributed by atoms with Crippen LogP contribution in [-0.2, 0) is 19.1 Å². The summed E-state index contributed by atoms with van der Waals surface area (Å²) < 4.78 is 10.3. The third kappa shape index (κ3) is 5.31. The van der Waals surface area contributed by atoms with Crippen molar-refractivity contribution in [2.24, 2.45) is 5.92 Å². The molecule has 0 aromatic heterocycles. The summed E-state index contributed by atoms with van der Waals surface area (Å²) in [5.41, 5.74) is 1.84. The van der Waals surface area contributed by atoms with Crippen molar-refractivity contribution in [3.05, 3.63) is 77.9 Å². The van der Waals surface area contributed by atoms with Gasteiger partial charge in [-0.2, -0.15) is 0 Å². The summed E-state index contributed by atoms with van der Waals surface area (Å²) in [6.45, 7) is 3.85. The first-order chi connectivity index (χ1) is 12.7. The standard InChI is InChI=1S/C22H24O4/c1-3-25-21(23)20(22(24)26-4-2)19(18-13-9-6-10-14-18)16-15-17-11-7-5-8-12-17/h5-16,19-20H,3-4H2,1-2H3/b16-15+. The number of rotatable bonds is 8. The van der Waals surface area contributed by atoms with E-state index in [9.17, 15) is 9.59 Å². The van der Waals surface area contributed by atoms with E-state index >= 15 is 0 Å². The third-order valence-electron chi connectivity index (χ3n) is 3.92. The van der Waals surface area contributed by atoms with Gasteiger partial charge in [-0.15, -0.1) is 0 Å². The molecule has 0 aliphatic heterocycles. The molecule has 0 heterocycles. The van der Waals surface area contributed by atoms with E-state index in [0.29, 0.717) is 0 Å². The Labute approximate surface area is 154 Å². The zero-order valence-electron chi connectivity index (χ0n) is 15.1. The van der Waals surface area contributed by atoms with E-state index in [-0.39, 0.29) is 13.2 Å². The van der Waals surface area contributed by atoms with E-state index in [1.807, 2.05) is 72.8 Å². The van der Waals surface area contributed by atoms with Crippen molar-refractivity contribution in [1.29, 1.82) is 0 Å². The van der Waals surface area contributed by atoms with E-state index in [2.05, 4.69) is 0 Å². The summed E-state index contributed by atoms with van der Waals surface area (Å²) >= 11 is 0. The van der Waals surface area contributed by atoms with Crippen molar-refractivity contribution in [2.45, 2.75) is 19.8 Å². The first-order valence-electron chi connectivity index (χ1n) is 8.78. The third-order valence-corrected chi connectivity index (χ3v) is 3.92. The Morgan fingerprint density at radius 2 is 1.35 bits per heavy atom. The van der Waals surface area contributed by atoms with Crippen LogP contribution in [0.5, 0.6) is 0 Å². The maximum Gasteiger partial charge on any atom is 0.321 e. The molecule has 136 valence electrons. The zero-order valence-corrected chi connectivity index (χ0v) is 15.1. The van der Waals surface area contributed by atoms with Crippen molar-refractivity contribution < 1.29 is 19.1 Å². The Morgan fingerprint density at radius 3 is 1.85 bits per heavy atom. The molecule has 0 spiro atoms. The van der Waals surface area contributed by atoms with Crippen LogP contribution in [0.15, 0.2) is 66.7 Å². The molecular formula is C22H24O4. The molecule has 4 nitrogen and oxygen atoms in total. The lowest BCUT2D eigenvalue weighted by Gasteiger charge is -2.22. The fraction of sp³-hybridized carbons (Fsp3) is 0.273. The van der Waals surface area contributed by atoms with Crippen molar-refractivity contribution in [3.8, 4) is 0 Å². The van der Waals surface area contributed by atoms with Gasteiger partial charge < -0.3 is 9.47 Å². The molecule has 0 saturated carbocycles.